The second-order valence-corrected chi connectivity index (χ2v) is 2.94. The van der Waals surface area contributed by atoms with Crippen LogP contribution >= 0.6 is 0 Å². The molecule has 15 heavy (non-hydrogen) atoms. The molecule has 1 amide bonds. The summed E-state index contributed by atoms with van der Waals surface area (Å²) in [6, 6.07) is 0. The van der Waals surface area contributed by atoms with Gasteiger partial charge in [0.25, 0.3) is 5.91 Å². The average molecular weight is 214 g/mol. The first-order chi connectivity index (χ1) is 6.86. The first-order valence-electron chi connectivity index (χ1n) is 4.77. The maximum absolute atomic E-state index is 11.2. The average Bonchev–Trinajstić information content (AvgIpc) is 2.19. The molecule has 0 unspecified atom stereocenters. The zero-order valence-electron chi connectivity index (χ0n) is 10.2. The number of nitrogens with two attached hydrogens (primary N) is 3. The van der Waals surface area contributed by atoms with E-state index < -0.39 is 0 Å². The second kappa shape index (κ2) is 7.73. The number of amides is 1. The molecular weight excluding hydrogens is 192 g/mol. The molecule has 0 rings (SSSR count). The zero-order chi connectivity index (χ0) is 12.6. The Morgan fingerprint density at radius 3 is 1.80 bits per heavy atom. The summed E-state index contributed by atoms with van der Waals surface area (Å²) in [7, 11) is 3.24. The molecular formula is C10H22N4O. The van der Waals surface area contributed by atoms with Crippen LogP contribution in [0.2, 0.25) is 0 Å². The summed E-state index contributed by atoms with van der Waals surface area (Å²) in [4.78, 5) is 12.6. The van der Waals surface area contributed by atoms with Gasteiger partial charge in [-0.1, -0.05) is 13.8 Å². The highest BCUT2D eigenvalue weighted by Gasteiger charge is 2.07. The molecule has 0 spiro atoms. The van der Waals surface area contributed by atoms with Crippen LogP contribution in [-0.4, -0.2) is 24.9 Å². The quantitative estimate of drug-likeness (QED) is 0.448. The fraction of sp³-hybridized carbons (Fsp3) is 0.500. The molecule has 6 N–H and O–H groups in total. The van der Waals surface area contributed by atoms with Gasteiger partial charge in [0.1, 0.15) is 0 Å². The van der Waals surface area contributed by atoms with E-state index >= 15 is 0 Å². The fourth-order valence-electron chi connectivity index (χ4n) is 0.637. The molecule has 0 radical (unpaired) electrons. The number of carbonyl (C=O) groups excluding carboxylic acids is 1. The molecule has 0 aromatic carbocycles. The zero-order valence-corrected chi connectivity index (χ0v) is 10.2. The monoisotopic (exact) mass is 214 g/mol. The van der Waals surface area contributed by atoms with Crippen LogP contribution < -0.4 is 17.2 Å². The normalized spacial score (nSPS) is 9.80. The molecule has 0 bridgehead atoms. The van der Waals surface area contributed by atoms with E-state index in [4.69, 9.17) is 17.2 Å². The Kier molecular flexibility index (Phi) is 8.14. The van der Waals surface area contributed by atoms with Gasteiger partial charge in [0, 0.05) is 14.1 Å². The Hall–Kier alpha value is -1.65. The minimum Gasteiger partial charge on any atom is -0.394 e. The smallest absolute Gasteiger partial charge is 0.269 e. The summed E-state index contributed by atoms with van der Waals surface area (Å²) in [6.07, 6.45) is 1.46. The number of carbonyl (C=O) groups is 1. The van der Waals surface area contributed by atoms with Crippen LogP contribution in [0.4, 0.5) is 0 Å². The van der Waals surface area contributed by atoms with Gasteiger partial charge in [-0.15, -0.1) is 0 Å². The van der Waals surface area contributed by atoms with Crippen LogP contribution in [-0.2, 0) is 4.79 Å². The topological polar surface area (TPSA) is 98.4 Å². The lowest BCUT2D eigenvalue weighted by molar-refractivity contribution is -0.124. The van der Waals surface area contributed by atoms with E-state index in [0.29, 0.717) is 5.57 Å². The SMILES string of the molecule is CC.CC(/C=C(\N)C(=O)N(C)C)=C(N)N. The minimum absolute atomic E-state index is 0.121. The highest BCUT2D eigenvalue weighted by molar-refractivity contribution is 5.92. The van der Waals surface area contributed by atoms with Crippen molar-refractivity contribution in [3.05, 3.63) is 23.2 Å². The summed E-state index contributed by atoms with van der Waals surface area (Å²) < 4.78 is 0. The minimum atomic E-state index is -0.263. The van der Waals surface area contributed by atoms with E-state index in [-0.39, 0.29) is 17.4 Å². The van der Waals surface area contributed by atoms with Crippen molar-refractivity contribution < 1.29 is 4.79 Å². The first-order valence-corrected chi connectivity index (χ1v) is 4.77. The van der Waals surface area contributed by atoms with Crippen LogP contribution in [0.3, 0.4) is 0 Å². The molecule has 0 aliphatic carbocycles. The number of nitrogens with zero attached hydrogens (tertiary/aromatic N) is 1. The van der Waals surface area contributed by atoms with Crippen molar-refractivity contribution in [3.63, 3.8) is 0 Å². The third-order valence-corrected chi connectivity index (χ3v) is 1.48. The summed E-state index contributed by atoms with van der Waals surface area (Å²) in [5, 5.41) is 0. The summed E-state index contributed by atoms with van der Waals surface area (Å²) in [5.74, 6) is -0.102. The highest BCUT2D eigenvalue weighted by atomic mass is 16.2. The maximum Gasteiger partial charge on any atom is 0.269 e. The predicted molar refractivity (Wildman–Crippen MR) is 63.4 cm³/mol. The van der Waals surface area contributed by atoms with Crippen molar-refractivity contribution in [1.82, 2.24) is 4.90 Å². The van der Waals surface area contributed by atoms with Crippen molar-refractivity contribution in [2.45, 2.75) is 20.8 Å². The molecule has 5 heteroatoms. The van der Waals surface area contributed by atoms with Gasteiger partial charge in [-0.25, -0.2) is 0 Å². The summed E-state index contributed by atoms with van der Waals surface area (Å²) in [6.45, 7) is 5.69. The van der Waals surface area contributed by atoms with E-state index in [1.54, 1.807) is 21.0 Å². The summed E-state index contributed by atoms with van der Waals surface area (Å²) in [5.41, 5.74) is 16.8. The predicted octanol–water partition coefficient (Wildman–Crippen LogP) is 0.0923. The molecule has 0 saturated carbocycles. The molecule has 0 saturated heterocycles. The van der Waals surface area contributed by atoms with Crippen molar-refractivity contribution in [2.75, 3.05) is 14.1 Å². The largest absolute Gasteiger partial charge is 0.394 e. The Morgan fingerprint density at radius 1 is 1.13 bits per heavy atom. The Balaban J connectivity index is 0. The van der Waals surface area contributed by atoms with E-state index in [1.165, 1.54) is 11.0 Å². The van der Waals surface area contributed by atoms with Crippen LogP contribution in [0, 0.1) is 0 Å². The molecule has 0 aromatic heterocycles. The van der Waals surface area contributed by atoms with Gasteiger partial charge in [0.15, 0.2) is 0 Å². The van der Waals surface area contributed by atoms with E-state index in [2.05, 4.69) is 0 Å². The number of hydrogen-bond acceptors (Lipinski definition) is 4. The molecule has 88 valence electrons. The molecule has 0 heterocycles. The van der Waals surface area contributed by atoms with Crippen LogP contribution in [0.15, 0.2) is 23.2 Å². The van der Waals surface area contributed by atoms with Crippen molar-refractivity contribution in [2.24, 2.45) is 17.2 Å². The number of allylic oxidation sites excluding steroid dienone is 2. The van der Waals surface area contributed by atoms with Crippen molar-refractivity contribution in [3.8, 4) is 0 Å². The van der Waals surface area contributed by atoms with Gasteiger partial charge in [-0.05, 0) is 18.6 Å². The fourth-order valence-corrected chi connectivity index (χ4v) is 0.637. The molecule has 0 atom stereocenters. The lowest BCUT2D eigenvalue weighted by Crippen LogP contribution is -2.27. The molecule has 0 aromatic rings. The lowest BCUT2D eigenvalue weighted by Gasteiger charge is -2.10. The van der Waals surface area contributed by atoms with E-state index in [0.717, 1.165) is 0 Å². The van der Waals surface area contributed by atoms with Gasteiger partial charge >= 0.3 is 0 Å². The van der Waals surface area contributed by atoms with Gasteiger partial charge in [0.2, 0.25) is 0 Å². The lowest BCUT2D eigenvalue weighted by atomic mass is 10.2. The van der Waals surface area contributed by atoms with Crippen molar-refractivity contribution in [1.29, 1.82) is 0 Å². The number of likely N-dealkylation sites (N-methyl/N-ethyl adjacent to an activating group) is 1. The Bertz CT molecular complexity index is 263. The summed E-state index contributed by atoms with van der Waals surface area (Å²) >= 11 is 0. The molecule has 0 aliphatic heterocycles. The first kappa shape index (κ1) is 15.8. The third kappa shape index (κ3) is 6.42. The van der Waals surface area contributed by atoms with Gasteiger partial charge in [-0.2, -0.15) is 0 Å². The number of rotatable bonds is 2. The molecule has 0 aliphatic rings. The van der Waals surface area contributed by atoms with Gasteiger partial charge in [0.05, 0.1) is 11.5 Å². The Morgan fingerprint density at radius 2 is 1.53 bits per heavy atom. The van der Waals surface area contributed by atoms with Crippen LogP contribution in [0.25, 0.3) is 0 Å². The van der Waals surface area contributed by atoms with Gasteiger partial charge < -0.3 is 22.1 Å². The maximum atomic E-state index is 11.2. The standard InChI is InChI=1S/C8H16N4O.C2H6/c1-5(7(10)11)4-6(9)8(13)12(2)3;1-2/h4H,9-11H2,1-3H3;1-2H3/b6-4-;. The van der Waals surface area contributed by atoms with Crippen molar-refractivity contribution >= 4 is 5.91 Å². The van der Waals surface area contributed by atoms with E-state index in [9.17, 15) is 4.79 Å². The Labute approximate surface area is 91.6 Å². The second-order valence-electron chi connectivity index (χ2n) is 2.94. The van der Waals surface area contributed by atoms with Gasteiger partial charge in [-0.3, -0.25) is 4.79 Å². The van der Waals surface area contributed by atoms with Crippen LogP contribution in [0.1, 0.15) is 20.8 Å². The molecule has 0 fully saturated rings. The third-order valence-electron chi connectivity index (χ3n) is 1.48. The van der Waals surface area contributed by atoms with E-state index in [1.807, 2.05) is 13.8 Å². The highest BCUT2D eigenvalue weighted by Crippen LogP contribution is 2.00. The molecule has 5 nitrogen and oxygen atoms in total. The number of hydrogen-bond donors (Lipinski definition) is 3. The van der Waals surface area contributed by atoms with Crippen LogP contribution in [0.5, 0.6) is 0 Å².